The predicted molar refractivity (Wildman–Crippen MR) is 119 cm³/mol. The van der Waals surface area contributed by atoms with E-state index in [1.165, 1.54) is 6.07 Å². The molecule has 0 saturated carbocycles. The molecule has 8 heteroatoms. The topological polar surface area (TPSA) is 107 Å². The molecule has 0 aliphatic heterocycles. The van der Waals surface area contributed by atoms with Crippen LogP contribution < -0.4 is 19.6 Å². The lowest BCUT2D eigenvalue weighted by Crippen LogP contribution is -2.01. The zero-order valence-corrected chi connectivity index (χ0v) is 18.1. The molecule has 0 radical (unpaired) electrons. The van der Waals surface area contributed by atoms with Gasteiger partial charge in [0.1, 0.15) is 40.2 Å². The number of ether oxygens (including phenoxy) is 3. The van der Waals surface area contributed by atoms with Crippen molar-refractivity contribution in [2.75, 3.05) is 21.3 Å². The van der Waals surface area contributed by atoms with E-state index in [2.05, 4.69) is 4.98 Å². The number of benzene rings is 2. The van der Waals surface area contributed by atoms with Gasteiger partial charge in [0.05, 0.1) is 26.9 Å². The van der Waals surface area contributed by atoms with Gasteiger partial charge in [-0.1, -0.05) is 0 Å². The van der Waals surface area contributed by atoms with Gasteiger partial charge in [-0.25, -0.2) is 4.98 Å². The first-order chi connectivity index (χ1) is 15.4. The van der Waals surface area contributed by atoms with Crippen molar-refractivity contribution in [2.45, 2.75) is 6.92 Å². The van der Waals surface area contributed by atoms with Crippen molar-refractivity contribution in [3.8, 4) is 57.1 Å². The number of hydrogen-bond donors (Lipinski definition) is 2. The molecule has 0 bridgehead atoms. The minimum atomic E-state index is -0.539. The van der Waals surface area contributed by atoms with Gasteiger partial charge in [0.25, 0.3) is 0 Å². The minimum Gasteiger partial charge on any atom is -0.501 e. The highest BCUT2D eigenvalue weighted by molar-refractivity contribution is 5.82. The normalized spacial score (nSPS) is 10.8. The lowest BCUT2D eigenvalue weighted by molar-refractivity contribution is 0.395. The van der Waals surface area contributed by atoms with Crippen molar-refractivity contribution in [1.29, 1.82) is 0 Å². The Kier molecular flexibility index (Phi) is 5.59. The highest BCUT2D eigenvalue weighted by Crippen LogP contribution is 2.39. The maximum absolute atomic E-state index is 12.2. The summed E-state index contributed by atoms with van der Waals surface area (Å²) >= 11 is 0. The number of aryl methyl sites for hydroxylation is 1. The molecule has 0 saturated heterocycles. The van der Waals surface area contributed by atoms with Crippen LogP contribution in [-0.4, -0.2) is 36.4 Å². The van der Waals surface area contributed by atoms with E-state index < -0.39 is 11.2 Å². The van der Waals surface area contributed by atoms with Crippen LogP contribution in [0.2, 0.25) is 0 Å². The van der Waals surface area contributed by atoms with E-state index in [4.69, 9.17) is 23.6 Å². The van der Waals surface area contributed by atoms with Crippen LogP contribution in [0.15, 0.2) is 57.7 Å². The maximum atomic E-state index is 12.2. The van der Waals surface area contributed by atoms with Crippen LogP contribution in [0.3, 0.4) is 0 Å². The van der Waals surface area contributed by atoms with E-state index in [1.807, 2.05) is 18.2 Å². The third-order valence-corrected chi connectivity index (χ3v) is 5.00. The second kappa shape index (κ2) is 8.50. The SMILES string of the molecule is COc1ccc(-c2nc(-c3ccc(OC)cc3OC)[nH]c2-c2oc(C)cc(=O)c2O)cc1. The number of rotatable bonds is 6. The molecule has 164 valence electrons. The first-order valence-electron chi connectivity index (χ1n) is 9.76. The van der Waals surface area contributed by atoms with Crippen molar-refractivity contribution in [3.05, 3.63) is 64.5 Å². The zero-order chi connectivity index (χ0) is 22.8. The van der Waals surface area contributed by atoms with Crippen LogP contribution >= 0.6 is 0 Å². The fourth-order valence-corrected chi connectivity index (χ4v) is 3.39. The summed E-state index contributed by atoms with van der Waals surface area (Å²) in [5.41, 5.74) is 1.72. The van der Waals surface area contributed by atoms with Gasteiger partial charge in [-0.05, 0) is 43.3 Å². The number of hydrogen-bond acceptors (Lipinski definition) is 7. The molecule has 2 heterocycles. The molecule has 0 fully saturated rings. The lowest BCUT2D eigenvalue weighted by Gasteiger charge is -2.08. The fourth-order valence-electron chi connectivity index (χ4n) is 3.39. The van der Waals surface area contributed by atoms with Crippen molar-refractivity contribution < 1.29 is 23.7 Å². The van der Waals surface area contributed by atoms with Gasteiger partial charge in [-0.15, -0.1) is 0 Å². The Morgan fingerprint density at radius 3 is 2.28 bits per heavy atom. The average molecular weight is 434 g/mol. The number of aromatic amines is 1. The van der Waals surface area contributed by atoms with E-state index in [0.29, 0.717) is 45.8 Å². The second-order valence-electron chi connectivity index (χ2n) is 7.00. The predicted octanol–water partition coefficient (Wildman–Crippen LogP) is 4.40. The van der Waals surface area contributed by atoms with Crippen LogP contribution in [0.5, 0.6) is 23.0 Å². The first kappa shape index (κ1) is 21.0. The van der Waals surface area contributed by atoms with Crippen LogP contribution in [0, 0.1) is 6.92 Å². The summed E-state index contributed by atoms with van der Waals surface area (Å²) in [6, 6.07) is 13.8. The molecule has 0 aliphatic rings. The summed E-state index contributed by atoms with van der Waals surface area (Å²) in [5.74, 6) is 2.20. The molecule has 2 N–H and O–H groups in total. The summed E-state index contributed by atoms with van der Waals surface area (Å²) in [6.07, 6.45) is 0. The molecular weight excluding hydrogens is 412 g/mol. The number of nitrogens with zero attached hydrogens (tertiary/aromatic N) is 1. The van der Waals surface area contributed by atoms with Crippen molar-refractivity contribution >= 4 is 0 Å². The van der Waals surface area contributed by atoms with Gasteiger partial charge in [-0.2, -0.15) is 0 Å². The molecule has 0 aliphatic carbocycles. The third-order valence-electron chi connectivity index (χ3n) is 5.00. The Morgan fingerprint density at radius 1 is 0.938 bits per heavy atom. The molecule has 0 spiro atoms. The van der Waals surface area contributed by atoms with Crippen molar-refractivity contribution in [1.82, 2.24) is 9.97 Å². The molecule has 0 unspecified atom stereocenters. The Hall–Kier alpha value is -4.20. The summed E-state index contributed by atoms with van der Waals surface area (Å²) in [4.78, 5) is 20.2. The number of aromatic nitrogens is 2. The van der Waals surface area contributed by atoms with Crippen molar-refractivity contribution in [3.63, 3.8) is 0 Å². The molecule has 2 aromatic heterocycles. The highest BCUT2D eigenvalue weighted by Gasteiger charge is 2.23. The highest BCUT2D eigenvalue weighted by atomic mass is 16.5. The standard InChI is InChI=1S/C24H22N2O6/c1-13-11-18(27)22(28)23(32-13)21-20(14-5-7-15(29-2)8-6-14)25-24(26-21)17-10-9-16(30-3)12-19(17)31-4/h5-12,28H,1-4H3,(H,25,26). The fraction of sp³-hybridized carbons (Fsp3) is 0.167. The smallest absolute Gasteiger partial charge is 0.227 e. The first-order valence-corrected chi connectivity index (χ1v) is 9.76. The molecular formula is C24H22N2O6. The lowest BCUT2D eigenvalue weighted by atomic mass is 10.1. The summed E-state index contributed by atoms with van der Waals surface area (Å²) in [5, 5.41) is 10.5. The van der Waals surface area contributed by atoms with Gasteiger partial charge in [-0.3, -0.25) is 4.79 Å². The van der Waals surface area contributed by atoms with Crippen LogP contribution in [0.4, 0.5) is 0 Å². The molecule has 4 rings (SSSR count). The molecule has 0 amide bonds. The number of methoxy groups -OCH3 is 3. The summed E-state index contributed by atoms with van der Waals surface area (Å²) in [6.45, 7) is 1.64. The second-order valence-corrected chi connectivity index (χ2v) is 7.00. The van der Waals surface area contributed by atoms with Gasteiger partial charge < -0.3 is 28.7 Å². The van der Waals surface area contributed by atoms with Crippen LogP contribution in [0.1, 0.15) is 5.76 Å². The van der Waals surface area contributed by atoms with Gasteiger partial charge in [0.15, 0.2) is 5.76 Å². The van der Waals surface area contributed by atoms with Crippen molar-refractivity contribution in [2.24, 2.45) is 0 Å². The number of nitrogens with one attached hydrogen (secondary N) is 1. The van der Waals surface area contributed by atoms with E-state index in [1.54, 1.807) is 52.5 Å². The monoisotopic (exact) mass is 434 g/mol. The van der Waals surface area contributed by atoms with Crippen LogP contribution in [0.25, 0.3) is 34.1 Å². The van der Waals surface area contributed by atoms with Crippen LogP contribution in [-0.2, 0) is 0 Å². The summed E-state index contributed by atoms with van der Waals surface area (Å²) in [7, 11) is 4.71. The number of aromatic hydroxyl groups is 1. The van der Waals surface area contributed by atoms with E-state index >= 15 is 0 Å². The molecule has 4 aromatic rings. The van der Waals surface area contributed by atoms with E-state index in [9.17, 15) is 9.90 Å². The summed E-state index contributed by atoms with van der Waals surface area (Å²) < 4.78 is 21.8. The van der Waals surface area contributed by atoms with Gasteiger partial charge in [0.2, 0.25) is 11.2 Å². The van der Waals surface area contributed by atoms with E-state index in [0.717, 1.165) is 5.56 Å². The van der Waals surface area contributed by atoms with Gasteiger partial charge in [0, 0.05) is 17.7 Å². The zero-order valence-electron chi connectivity index (χ0n) is 18.1. The molecule has 2 aromatic carbocycles. The maximum Gasteiger partial charge on any atom is 0.227 e. The van der Waals surface area contributed by atoms with Gasteiger partial charge >= 0.3 is 0 Å². The number of imidazole rings is 1. The Bertz CT molecular complexity index is 1320. The average Bonchev–Trinajstić information content (AvgIpc) is 3.25. The quantitative estimate of drug-likeness (QED) is 0.463. The minimum absolute atomic E-state index is 0.00652. The number of H-pyrrole nitrogens is 1. The Morgan fingerprint density at radius 2 is 1.62 bits per heavy atom. The Labute approximate surface area is 184 Å². The molecule has 8 nitrogen and oxygen atoms in total. The Balaban J connectivity index is 1.97. The molecule has 32 heavy (non-hydrogen) atoms. The molecule has 0 atom stereocenters. The van der Waals surface area contributed by atoms with E-state index in [-0.39, 0.29) is 5.76 Å². The largest absolute Gasteiger partial charge is 0.501 e. The third kappa shape index (κ3) is 3.78.